The minimum absolute atomic E-state index is 0.649. The number of rotatable bonds is 5. The molecule has 0 aliphatic rings. The first-order valence-electron chi connectivity index (χ1n) is 8.03. The second-order valence-electron chi connectivity index (χ2n) is 5.64. The lowest BCUT2D eigenvalue weighted by atomic mass is 10.2. The van der Waals surface area contributed by atoms with E-state index in [1.165, 1.54) is 0 Å². The Morgan fingerprint density at radius 3 is 3.00 bits per heavy atom. The highest BCUT2D eigenvalue weighted by Gasteiger charge is 2.16. The monoisotopic (exact) mass is 322 g/mol. The van der Waals surface area contributed by atoms with E-state index in [9.17, 15) is 0 Å². The van der Waals surface area contributed by atoms with E-state index in [0.29, 0.717) is 11.5 Å². The van der Waals surface area contributed by atoms with Gasteiger partial charge in [0.2, 0.25) is 0 Å². The predicted molar refractivity (Wildman–Crippen MR) is 91.0 cm³/mol. The van der Waals surface area contributed by atoms with Crippen molar-refractivity contribution in [2.24, 2.45) is 0 Å². The van der Waals surface area contributed by atoms with Crippen LogP contribution in [0, 0.1) is 0 Å². The summed E-state index contributed by atoms with van der Waals surface area (Å²) in [7, 11) is 1.65. The van der Waals surface area contributed by atoms with Gasteiger partial charge in [0.05, 0.1) is 13.4 Å². The fourth-order valence-electron chi connectivity index (χ4n) is 2.74. The number of hydrogen-bond donors (Lipinski definition) is 1. The average molecular weight is 322 g/mol. The maximum atomic E-state index is 5.29. The Morgan fingerprint density at radius 1 is 1.25 bits per heavy atom. The summed E-state index contributed by atoms with van der Waals surface area (Å²) < 4.78 is 7.12. The number of hydrogen-bond acceptors (Lipinski definition) is 5. The maximum Gasteiger partial charge on any atom is 0.185 e. The topological polar surface area (TPSA) is 81.0 Å². The fraction of sp³-hybridized carbons (Fsp3) is 0.294. The first-order chi connectivity index (χ1) is 11.8. The molecule has 4 rings (SSSR count). The van der Waals surface area contributed by atoms with E-state index >= 15 is 0 Å². The summed E-state index contributed by atoms with van der Waals surface area (Å²) >= 11 is 0. The van der Waals surface area contributed by atoms with E-state index in [2.05, 4.69) is 27.0 Å². The summed E-state index contributed by atoms with van der Waals surface area (Å²) in [4.78, 5) is 16.7. The van der Waals surface area contributed by atoms with E-state index in [-0.39, 0.29) is 0 Å². The van der Waals surface area contributed by atoms with Gasteiger partial charge in [0, 0.05) is 12.0 Å². The lowest BCUT2D eigenvalue weighted by Crippen LogP contribution is -2.03. The Kier molecular flexibility index (Phi) is 3.60. The number of imidazole rings is 1. The van der Waals surface area contributed by atoms with Gasteiger partial charge in [-0.05, 0) is 18.6 Å². The molecule has 122 valence electrons. The molecule has 0 fully saturated rings. The van der Waals surface area contributed by atoms with Gasteiger partial charge in [-0.1, -0.05) is 25.5 Å². The maximum absolute atomic E-state index is 5.29. The van der Waals surface area contributed by atoms with Crippen molar-refractivity contribution in [1.82, 2.24) is 29.5 Å². The van der Waals surface area contributed by atoms with E-state index in [1.807, 2.05) is 28.8 Å². The van der Waals surface area contributed by atoms with Crippen molar-refractivity contribution in [1.29, 1.82) is 0 Å². The van der Waals surface area contributed by atoms with Gasteiger partial charge in [-0.15, -0.1) is 5.10 Å². The normalized spacial score (nSPS) is 11.4. The molecular weight excluding hydrogens is 304 g/mol. The number of unbranched alkanes of at least 4 members (excludes halogenated alkanes) is 1. The number of H-pyrrole nitrogens is 1. The molecule has 1 aromatic carbocycles. The third kappa shape index (κ3) is 2.38. The molecule has 0 amide bonds. The molecule has 0 atom stereocenters. The van der Waals surface area contributed by atoms with Crippen molar-refractivity contribution < 1.29 is 4.74 Å². The SMILES string of the molecule is CCCCc1nc2nc[nH]c2c2nc(-c3cccc(OC)c3)nn12. The zero-order chi connectivity index (χ0) is 16.5. The van der Waals surface area contributed by atoms with Crippen LogP contribution in [0.15, 0.2) is 30.6 Å². The van der Waals surface area contributed by atoms with Gasteiger partial charge in [0.25, 0.3) is 0 Å². The van der Waals surface area contributed by atoms with Crippen LogP contribution in [0.4, 0.5) is 0 Å². The van der Waals surface area contributed by atoms with E-state index in [4.69, 9.17) is 9.72 Å². The van der Waals surface area contributed by atoms with Gasteiger partial charge in [-0.2, -0.15) is 4.52 Å². The van der Waals surface area contributed by atoms with Crippen molar-refractivity contribution in [3.05, 3.63) is 36.4 Å². The molecular formula is C17H18N6O. The smallest absolute Gasteiger partial charge is 0.185 e. The summed E-state index contributed by atoms with van der Waals surface area (Å²) in [6.45, 7) is 2.16. The zero-order valence-electron chi connectivity index (χ0n) is 13.7. The zero-order valence-corrected chi connectivity index (χ0v) is 13.7. The van der Waals surface area contributed by atoms with Gasteiger partial charge >= 0.3 is 0 Å². The molecule has 0 bridgehead atoms. The van der Waals surface area contributed by atoms with Crippen molar-refractivity contribution >= 4 is 16.8 Å². The predicted octanol–water partition coefficient (Wildman–Crippen LogP) is 3.02. The van der Waals surface area contributed by atoms with Gasteiger partial charge in [0.15, 0.2) is 17.1 Å². The highest BCUT2D eigenvalue weighted by Crippen LogP contribution is 2.24. The minimum atomic E-state index is 0.649. The largest absolute Gasteiger partial charge is 0.497 e. The van der Waals surface area contributed by atoms with Crippen molar-refractivity contribution in [2.45, 2.75) is 26.2 Å². The minimum Gasteiger partial charge on any atom is -0.497 e. The van der Waals surface area contributed by atoms with Crippen LogP contribution < -0.4 is 4.74 Å². The van der Waals surface area contributed by atoms with Gasteiger partial charge in [-0.3, -0.25) is 0 Å². The van der Waals surface area contributed by atoms with Crippen LogP contribution in [0.5, 0.6) is 5.75 Å². The number of aromatic amines is 1. The Balaban J connectivity index is 1.92. The lowest BCUT2D eigenvalue weighted by molar-refractivity contribution is 0.415. The second-order valence-corrected chi connectivity index (χ2v) is 5.64. The second kappa shape index (κ2) is 5.92. The molecule has 0 saturated heterocycles. The number of aromatic nitrogens is 6. The van der Waals surface area contributed by atoms with E-state index in [1.54, 1.807) is 13.4 Å². The van der Waals surface area contributed by atoms with Crippen LogP contribution in [0.3, 0.4) is 0 Å². The molecule has 7 nitrogen and oxygen atoms in total. The molecule has 24 heavy (non-hydrogen) atoms. The third-order valence-electron chi connectivity index (χ3n) is 4.01. The van der Waals surface area contributed by atoms with Crippen LogP contribution in [0.25, 0.3) is 28.2 Å². The number of nitrogens with one attached hydrogen (secondary N) is 1. The van der Waals surface area contributed by atoms with Gasteiger partial charge in [0.1, 0.15) is 17.1 Å². The molecule has 0 unspecified atom stereocenters. The first-order valence-corrected chi connectivity index (χ1v) is 8.03. The molecule has 0 aliphatic heterocycles. The van der Waals surface area contributed by atoms with Crippen LogP contribution in [0.2, 0.25) is 0 Å². The molecule has 3 aromatic heterocycles. The van der Waals surface area contributed by atoms with Gasteiger partial charge in [-0.25, -0.2) is 15.0 Å². The Morgan fingerprint density at radius 2 is 2.17 bits per heavy atom. The fourth-order valence-corrected chi connectivity index (χ4v) is 2.74. The summed E-state index contributed by atoms with van der Waals surface area (Å²) in [6.07, 6.45) is 4.63. The molecule has 0 spiro atoms. The van der Waals surface area contributed by atoms with Crippen LogP contribution in [-0.2, 0) is 6.42 Å². The molecule has 7 heteroatoms. The lowest BCUT2D eigenvalue weighted by Gasteiger charge is -2.02. The van der Waals surface area contributed by atoms with Crippen molar-refractivity contribution in [3.63, 3.8) is 0 Å². The highest BCUT2D eigenvalue weighted by atomic mass is 16.5. The molecule has 1 N–H and O–H groups in total. The van der Waals surface area contributed by atoms with Crippen molar-refractivity contribution in [3.8, 4) is 17.1 Å². The number of ether oxygens (including phenoxy) is 1. The summed E-state index contributed by atoms with van der Waals surface area (Å²) in [6, 6.07) is 7.74. The summed E-state index contributed by atoms with van der Waals surface area (Å²) in [5.74, 6) is 2.31. The molecule has 3 heterocycles. The standard InChI is InChI=1S/C17H18N6O/c1-3-4-8-13-20-16-14(18-10-19-16)17-21-15(22-23(13)17)11-6-5-7-12(9-11)24-2/h5-7,9-10H,3-4,8H2,1-2H3,(H,18,19). The Hall–Kier alpha value is -2.96. The molecule has 4 aromatic rings. The Labute approximate surface area is 138 Å². The Bertz CT molecular complexity index is 1000. The number of methoxy groups -OCH3 is 1. The third-order valence-corrected chi connectivity index (χ3v) is 4.01. The molecule has 0 radical (unpaired) electrons. The van der Waals surface area contributed by atoms with E-state index in [0.717, 1.165) is 47.6 Å². The van der Waals surface area contributed by atoms with E-state index < -0.39 is 0 Å². The number of nitrogens with zero attached hydrogens (tertiary/aromatic N) is 5. The molecule has 0 saturated carbocycles. The summed E-state index contributed by atoms with van der Waals surface area (Å²) in [5, 5.41) is 4.68. The van der Waals surface area contributed by atoms with Crippen LogP contribution in [-0.4, -0.2) is 36.7 Å². The van der Waals surface area contributed by atoms with Gasteiger partial charge < -0.3 is 9.72 Å². The van der Waals surface area contributed by atoms with Crippen LogP contribution in [0.1, 0.15) is 25.6 Å². The van der Waals surface area contributed by atoms with Crippen molar-refractivity contribution in [2.75, 3.05) is 7.11 Å². The first kappa shape index (κ1) is 14.6. The highest BCUT2D eigenvalue weighted by molar-refractivity contribution is 5.85. The molecule has 0 aliphatic carbocycles. The quantitative estimate of drug-likeness (QED) is 0.611. The van der Waals surface area contributed by atoms with Crippen LogP contribution >= 0.6 is 0 Å². The summed E-state index contributed by atoms with van der Waals surface area (Å²) in [5.41, 5.74) is 3.14. The number of fused-ring (bicyclic) bond motifs is 3. The number of aryl methyl sites for hydroxylation is 1. The average Bonchev–Trinajstić information content (AvgIpc) is 3.26. The number of benzene rings is 1.